The van der Waals surface area contributed by atoms with E-state index in [2.05, 4.69) is 80.4 Å². The van der Waals surface area contributed by atoms with Crippen LogP contribution in [0.1, 0.15) is 0 Å². The molecule has 6 aromatic carbocycles. The Kier molecular flexibility index (Phi) is 4.56. The number of methoxy groups -OCH3 is 2. The monoisotopic (exact) mass is 544 g/mol. The summed E-state index contributed by atoms with van der Waals surface area (Å²) in [6, 6.07) is 25.7. The van der Waals surface area contributed by atoms with Crippen molar-refractivity contribution in [2.75, 3.05) is 14.2 Å². The van der Waals surface area contributed by atoms with Gasteiger partial charge < -0.3 is 9.47 Å². The number of halogens is 2. The van der Waals surface area contributed by atoms with E-state index in [0.29, 0.717) is 0 Å². The van der Waals surface area contributed by atoms with Gasteiger partial charge in [0.25, 0.3) is 0 Å². The molecule has 0 saturated carbocycles. The van der Waals surface area contributed by atoms with Gasteiger partial charge in [0.05, 0.1) is 14.2 Å². The van der Waals surface area contributed by atoms with Crippen LogP contribution in [0.4, 0.5) is 0 Å². The second-order valence-electron chi connectivity index (χ2n) is 7.90. The Morgan fingerprint density at radius 2 is 0.781 bits per heavy atom. The minimum atomic E-state index is 0.867. The third-order valence-electron chi connectivity index (χ3n) is 6.36. The molecule has 4 heteroatoms. The van der Waals surface area contributed by atoms with Crippen molar-refractivity contribution in [1.82, 2.24) is 0 Å². The van der Waals surface area contributed by atoms with Crippen LogP contribution in [0.5, 0.6) is 11.5 Å². The highest BCUT2D eigenvalue weighted by Crippen LogP contribution is 2.45. The number of ether oxygens (including phenoxy) is 2. The summed E-state index contributed by atoms with van der Waals surface area (Å²) >= 11 is 7.50. The molecule has 0 fully saturated rings. The molecule has 32 heavy (non-hydrogen) atoms. The number of hydrogen-bond donors (Lipinski definition) is 0. The zero-order valence-electron chi connectivity index (χ0n) is 17.5. The predicted molar refractivity (Wildman–Crippen MR) is 142 cm³/mol. The third-order valence-corrected chi connectivity index (χ3v) is 7.74. The molecule has 0 aliphatic heterocycles. The Morgan fingerprint density at radius 1 is 0.438 bits per heavy atom. The van der Waals surface area contributed by atoms with Crippen molar-refractivity contribution < 1.29 is 9.47 Å². The van der Waals surface area contributed by atoms with Crippen LogP contribution in [-0.4, -0.2) is 14.2 Å². The lowest BCUT2D eigenvalue weighted by Gasteiger charge is -2.16. The van der Waals surface area contributed by atoms with Gasteiger partial charge in [0.2, 0.25) is 0 Å². The van der Waals surface area contributed by atoms with Gasteiger partial charge in [-0.3, -0.25) is 0 Å². The first-order valence-electron chi connectivity index (χ1n) is 10.3. The lowest BCUT2D eigenvalue weighted by Crippen LogP contribution is -1.91. The lowest BCUT2D eigenvalue weighted by atomic mass is 9.90. The number of fused-ring (bicyclic) bond motifs is 9. The summed E-state index contributed by atoms with van der Waals surface area (Å²) in [6.45, 7) is 0. The van der Waals surface area contributed by atoms with E-state index in [1.807, 2.05) is 24.3 Å². The Labute approximate surface area is 202 Å². The van der Waals surface area contributed by atoms with Crippen LogP contribution in [0.15, 0.2) is 81.7 Å². The molecular formula is C28H18Br2O2. The van der Waals surface area contributed by atoms with Gasteiger partial charge >= 0.3 is 0 Å². The van der Waals surface area contributed by atoms with E-state index in [9.17, 15) is 0 Å². The number of hydrogen-bond acceptors (Lipinski definition) is 2. The van der Waals surface area contributed by atoms with Crippen LogP contribution in [0, 0.1) is 0 Å². The summed E-state index contributed by atoms with van der Waals surface area (Å²) in [5, 5.41) is 11.6. The highest BCUT2D eigenvalue weighted by atomic mass is 79.9. The highest BCUT2D eigenvalue weighted by Gasteiger charge is 2.17. The molecule has 6 rings (SSSR count). The Bertz CT molecular complexity index is 1600. The van der Waals surface area contributed by atoms with Crippen molar-refractivity contribution in [3.8, 4) is 11.5 Å². The summed E-state index contributed by atoms with van der Waals surface area (Å²) in [4.78, 5) is 0. The van der Waals surface area contributed by atoms with Gasteiger partial charge in [-0.2, -0.15) is 0 Å². The zero-order chi connectivity index (χ0) is 22.0. The molecule has 0 bridgehead atoms. The Balaban J connectivity index is 2.03. The van der Waals surface area contributed by atoms with Crippen molar-refractivity contribution in [3.05, 3.63) is 81.7 Å². The Morgan fingerprint density at radius 3 is 1.16 bits per heavy atom. The molecule has 0 spiro atoms. The fraction of sp³-hybridized carbons (Fsp3) is 0.0714. The maximum atomic E-state index is 5.85. The average Bonchev–Trinajstić information content (AvgIpc) is 2.83. The largest absolute Gasteiger partial charge is 0.496 e. The molecular weight excluding hydrogens is 528 g/mol. The summed E-state index contributed by atoms with van der Waals surface area (Å²) in [5.74, 6) is 1.73. The van der Waals surface area contributed by atoms with E-state index >= 15 is 0 Å². The van der Waals surface area contributed by atoms with Gasteiger partial charge in [-0.25, -0.2) is 0 Å². The number of rotatable bonds is 2. The van der Waals surface area contributed by atoms with Crippen molar-refractivity contribution in [3.63, 3.8) is 0 Å². The first-order valence-corrected chi connectivity index (χ1v) is 11.9. The fourth-order valence-corrected chi connectivity index (χ4v) is 5.87. The summed E-state index contributed by atoms with van der Waals surface area (Å²) < 4.78 is 13.8. The van der Waals surface area contributed by atoms with Crippen molar-refractivity contribution in [1.29, 1.82) is 0 Å². The molecule has 0 saturated heterocycles. The van der Waals surface area contributed by atoms with Crippen molar-refractivity contribution in [2.45, 2.75) is 0 Å². The second-order valence-corrected chi connectivity index (χ2v) is 9.61. The van der Waals surface area contributed by atoms with E-state index in [1.54, 1.807) is 14.2 Å². The van der Waals surface area contributed by atoms with Gasteiger partial charge in [-0.05, 0) is 45.8 Å². The molecule has 0 N–H and O–H groups in total. The van der Waals surface area contributed by atoms with Crippen LogP contribution >= 0.6 is 31.9 Å². The van der Waals surface area contributed by atoms with E-state index in [1.165, 1.54) is 32.3 Å². The predicted octanol–water partition coefficient (Wildman–Crippen LogP) is 8.99. The molecule has 0 amide bonds. The van der Waals surface area contributed by atoms with E-state index in [-0.39, 0.29) is 0 Å². The standard InChI is InChI=1S/C28H18Br2O2/c1-31-22-13-11-20(29)18-9-7-16-5-3-15-4-6-17-8-10-19-21(30)12-14-23(32-2)28(19)26(17)24(15)25(16)27(18)22/h3-14H,1-2H3. The van der Waals surface area contributed by atoms with Crippen LogP contribution in [0.2, 0.25) is 0 Å². The van der Waals surface area contributed by atoms with Gasteiger partial charge in [0.15, 0.2) is 0 Å². The minimum Gasteiger partial charge on any atom is -0.496 e. The van der Waals surface area contributed by atoms with E-state index in [4.69, 9.17) is 9.47 Å². The van der Waals surface area contributed by atoms with Crippen LogP contribution in [0.3, 0.4) is 0 Å². The molecule has 2 nitrogen and oxygen atoms in total. The molecule has 0 aliphatic carbocycles. The molecule has 0 aromatic heterocycles. The molecule has 0 radical (unpaired) electrons. The summed E-state index contributed by atoms with van der Waals surface area (Å²) in [6.07, 6.45) is 0. The first kappa shape index (κ1) is 19.8. The topological polar surface area (TPSA) is 18.5 Å². The van der Waals surface area contributed by atoms with Crippen LogP contribution in [-0.2, 0) is 0 Å². The summed E-state index contributed by atoms with van der Waals surface area (Å²) in [5.41, 5.74) is 0. The van der Waals surface area contributed by atoms with E-state index in [0.717, 1.165) is 42.0 Å². The fourth-order valence-electron chi connectivity index (χ4n) is 4.94. The van der Waals surface area contributed by atoms with Crippen LogP contribution in [0.25, 0.3) is 53.9 Å². The van der Waals surface area contributed by atoms with Gasteiger partial charge in [0, 0.05) is 41.3 Å². The quantitative estimate of drug-likeness (QED) is 0.202. The molecule has 0 aliphatic rings. The van der Waals surface area contributed by atoms with E-state index < -0.39 is 0 Å². The SMILES string of the molecule is COc1ccc(Br)c2ccc3ccc4ccc5ccc6c(Br)ccc(OC)c6c5c4c3c12. The first-order chi connectivity index (χ1) is 15.6. The molecule has 0 atom stereocenters. The Hall–Kier alpha value is -2.82. The molecule has 156 valence electrons. The van der Waals surface area contributed by atoms with Crippen LogP contribution < -0.4 is 9.47 Å². The van der Waals surface area contributed by atoms with Gasteiger partial charge in [-0.1, -0.05) is 80.4 Å². The minimum absolute atomic E-state index is 0.867. The normalized spacial score (nSPS) is 11.8. The maximum absolute atomic E-state index is 5.85. The second kappa shape index (κ2) is 7.36. The van der Waals surface area contributed by atoms with Crippen molar-refractivity contribution >= 4 is 85.7 Å². The van der Waals surface area contributed by atoms with Crippen molar-refractivity contribution in [2.24, 2.45) is 0 Å². The molecule has 6 aromatic rings. The zero-order valence-corrected chi connectivity index (χ0v) is 20.7. The molecule has 0 unspecified atom stereocenters. The lowest BCUT2D eigenvalue weighted by molar-refractivity contribution is 0.420. The van der Waals surface area contributed by atoms with Gasteiger partial charge in [0.1, 0.15) is 11.5 Å². The smallest absolute Gasteiger partial charge is 0.127 e. The number of benzene rings is 6. The maximum Gasteiger partial charge on any atom is 0.127 e. The molecule has 0 heterocycles. The average molecular weight is 546 g/mol. The third kappa shape index (κ3) is 2.69. The highest BCUT2D eigenvalue weighted by molar-refractivity contribution is 9.11. The van der Waals surface area contributed by atoms with Gasteiger partial charge in [-0.15, -0.1) is 0 Å². The summed E-state index contributed by atoms with van der Waals surface area (Å²) in [7, 11) is 3.47.